The van der Waals surface area contributed by atoms with E-state index in [9.17, 15) is 10.1 Å². The number of hydrogen-bond acceptors (Lipinski definition) is 5. The number of non-ortho nitro benzene ring substituents is 1. The molecular weight excluding hydrogens is 270 g/mol. The number of unbranched alkanes of at least 4 members (excludes halogenated alkanes) is 1. The van der Waals surface area contributed by atoms with Crippen LogP contribution in [0.5, 0.6) is 5.75 Å². The van der Waals surface area contributed by atoms with Crippen LogP contribution in [0, 0.1) is 10.1 Å². The standard InChI is InChI=1S/C15H23N3O3/c1-16-8-10-17(11-9-16)7-2-3-12-21-15-6-4-5-14(13-15)18(19)20/h4-6,13H,2-3,7-12H2,1H3. The highest BCUT2D eigenvalue weighted by Crippen LogP contribution is 2.19. The lowest BCUT2D eigenvalue weighted by Crippen LogP contribution is -2.44. The van der Waals surface area contributed by atoms with Crippen molar-refractivity contribution in [2.75, 3.05) is 46.4 Å². The van der Waals surface area contributed by atoms with Crippen LogP contribution < -0.4 is 4.74 Å². The first-order chi connectivity index (χ1) is 10.1. The summed E-state index contributed by atoms with van der Waals surface area (Å²) in [5.41, 5.74) is 0.0740. The molecule has 1 aliphatic rings. The number of ether oxygens (including phenoxy) is 1. The van der Waals surface area contributed by atoms with Gasteiger partial charge in [0.25, 0.3) is 5.69 Å². The lowest BCUT2D eigenvalue weighted by molar-refractivity contribution is -0.384. The summed E-state index contributed by atoms with van der Waals surface area (Å²) >= 11 is 0. The first kappa shape index (κ1) is 15.7. The number of nitrogens with zero attached hydrogens (tertiary/aromatic N) is 3. The molecule has 0 aliphatic carbocycles. The van der Waals surface area contributed by atoms with Crippen LogP contribution in [0.15, 0.2) is 24.3 Å². The first-order valence-corrected chi connectivity index (χ1v) is 7.43. The number of rotatable bonds is 7. The molecule has 0 bridgehead atoms. The molecule has 0 radical (unpaired) electrons. The van der Waals surface area contributed by atoms with Crippen LogP contribution in [0.3, 0.4) is 0 Å². The fourth-order valence-electron chi connectivity index (χ4n) is 2.39. The SMILES string of the molecule is CN1CCN(CCCCOc2cccc([N+](=O)[O-])c2)CC1. The Bertz CT molecular complexity index is 459. The number of hydrogen-bond donors (Lipinski definition) is 0. The van der Waals surface area contributed by atoms with E-state index in [1.165, 1.54) is 12.1 Å². The molecule has 2 rings (SSSR count). The van der Waals surface area contributed by atoms with Crippen molar-refractivity contribution < 1.29 is 9.66 Å². The lowest BCUT2D eigenvalue weighted by Gasteiger charge is -2.32. The van der Waals surface area contributed by atoms with Gasteiger partial charge in [0.2, 0.25) is 0 Å². The van der Waals surface area contributed by atoms with E-state index >= 15 is 0 Å². The highest BCUT2D eigenvalue weighted by molar-refractivity contribution is 5.37. The van der Waals surface area contributed by atoms with Crippen LogP contribution in [-0.4, -0.2) is 61.1 Å². The maximum Gasteiger partial charge on any atom is 0.273 e. The van der Waals surface area contributed by atoms with Crippen molar-refractivity contribution in [3.63, 3.8) is 0 Å². The van der Waals surface area contributed by atoms with Gasteiger partial charge in [-0.2, -0.15) is 0 Å². The molecule has 0 atom stereocenters. The zero-order valence-electron chi connectivity index (χ0n) is 12.5. The maximum absolute atomic E-state index is 10.7. The third kappa shape index (κ3) is 5.32. The number of likely N-dealkylation sites (N-methyl/N-ethyl adjacent to an activating group) is 1. The number of nitro groups is 1. The molecule has 0 saturated carbocycles. The van der Waals surface area contributed by atoms with Gasteiger partial charge in [0.1, 0.15) is 5.75 Å². The van der Waals surface area contributed by atoms with Crippen LogP contribution in [0.25, 0.3) is 0 Å². The van der Waals surface area contributed by atoms with Gasteiger partial charge in [0, 0.05) is 32.2 Å². The Morgan fingerprint density at radius 2 is 2.00 bits per heavy atom. The molecule has 1 aliphatic heterocycles. The Labute approximate surface area is 125 Å². The zero-order chi connectivity index (χ0) is 15.1. The summed E-state index contributed by atoms with van der Waals surface area (Å²) in [5.74, 6) is 0.573. The van der Waals surface area contributed by atoms with Crippen molar-refractivity contribution >= 4 is 5.69 Å². The molecule has 6 nitrogen and oxygen atoms in total. The second-order valence-electron chi connectivity index (χ2n) is 5.45. The minimum absolute atomic E-state index is 0.0740. The molecule has 116 valence electrons. The van der Waals surface area contributed by atoms with Crippen LogP contribution in [0.1, 0.15) is 12.8 Å². The molecular formula is C15H23N3O3. The molecule has 0 N–H and O–H groups in total. The Kier molecular flexibility index (Phi) is 5.95. The summed E-state index contributed by atoms with van der Waals surface area (Å²) in [4.78, 5) is 15.1. The minimum Gasteiger partial charge on any atom is -0.493 e. The molecule has 1 aromatic carbocycles. The lowest BCUT2D eigenvalue weighted by atomic mass is 10.2. The molecule has 1 heterocycles. The number of piperazine rings is 1. The molecule has 0 amide bonds. The smallest absolute Gasteiger partial charge is 0.273 e. The Morgan fingerprint density at radius 1 is 1.24 bits per heavy atom. The van der Waals surface area contributed by atoms with Crippen LogP contribution in [0.2, 0.25) is 0 Å². The summed E-state index contributed by atoms with van der Waals surface area (Å²) in [6.45, 7) is 6.28. The molecule has 1 saturated heterocycles. The van der Waals surface area contributed by atoms with E-state index in [1.54, 1.807) is 12.1 Å². The van der Waals surface area contributed by atoms with Crippen molar-refractivity contribution in [2.45, 2.75) is 12.8 Å². The van der Waals surface area contributed by atoms with Crippen molar-refractivity contribution in [1.29, 1.82) is 0 Å². The monoisotopic (exact) mass is 293 g/mol. The van der Waals surface area contributed by atoms with Gasteiger partial charge in [-0.25, -0.2) is 0 Å². The fourth-order valence-corrected chi connectivity index (χ4v) is 2.39. The first-order valence-electron chi connectivity index (χ1n) is 7.43. The molecule has 1 aromatic rings. The van der Waals surface area contributed by atoms with E-state index in [1.807, 2.05) is 0 Å². The normalized spacial score (nSPS) is 16.8. The maximum atomic E-state index is 10.7. The van der Waals surface area contributed by atoms with Crippen LogP contribution in [0.4, 0.5) is 5.69 Å². The number of benzene rings is 1. The molecule has 0 spiro atoms. The number of nitro benzene ring substituents is 1. The van der Waals surface area contributed by atoms with Crippen molar-refractivity contribution in [3.8, 4) is 5.75 Å². The highest BCUT2D eigenvalue weighted by Gasteiger charge is 2.12. The van der Waals surface area contributed by atoms with Gasteiger partial charge in [-0.15, -0.1) is 0 Å². The third-order valence-corrected chi connectivity index (χ3v) is 3.76. The Hall–Kier alpha value is -1.66. The quantitative estimate of drug-likeness (QED) is 0.437. The predicted molar refractivity (Wildman–Crippen MR) is 81.8 cm³/mol. The van der Waals surface area contributed by atoms with E-state index < -0.39 is 4.92 Å². The van der Waals surface area contributed by atoms with Gasteiger partial charge in [0.05, 0.1) is 17.6 Å². The molecule has 21 heavy (non-hydrogen) atoms. The fraction of sp³-hybridized carbons (Fsp3) is 0.600. The van der Waals surface area contributed by atoms with E-state index in [2.05, 4.69) is 16.8 Å². The van der Waals surface area contributed by atoms with E-state index in [0.29, 0.717) is 12.4 Å². The van der Waals surface area contributed by atoms with E-state index in [0.717, 1.165) is 45.6 Å². The third-order valence-electron chi connectivity index (χ3n) is 3.76. The molecule has 1 fully saturated rings. The Balaban J connectivity index is 1.61. The largest absolute Gasteiger partial charge is 0.493 e. The van der Waals surface area contributed by atoms with Gasteiger partial charge < -0.3 is 14.5 Å². The summed E-state index contributed by atoms with van der Waals surface area (Å²) < 4.78 is 5.57. The Morgan fingerprint density at radius 3 is 2.71 bits per heavy atom. The average molecular weight is 293 g/mol. The summed E-state index contributed by atoms with van der Waals surface area (Å²) in [7, 11) is 2.16. The van der Waals surface area contributed by atoms with Crippen molar-refractivity contribution in [1.82, 2.24) is 9.80 Å². The topological polar surface area (TPSA) is 58.8 Å². The van der Waals surface area contributed by atoms with Gasteiger partial charge >= 0.3 is 0 Å². The highest BCUT2D eigenvalue weighted by atomic mass is 16.6. The summed E-state index contributed by atoms with van der Waals surface area (Å²) in [6.07, 6.45) is 2.06. The van der Waals surface area contributed by atoms with E-state index in [4.69, 9.17) is 4.74 Å². The second-order valence-corrected chi connectivity index (χ2v) is 5.45. The zero-order valence-corrected chi connectivity index (χ0v) is 12.5. The van der Waals surface area contributed by atoms with Gasteiger partial charge in [-0.1, -0.05) is 6.07 Å². The summed E-state index contributed by atoms with van der Waals surface area (Å²) in [5, 5.41) is 10.7. The summed E-state index contributed by atoms with van der Waals surface area (Å²) in [6, 6.07) is 6.35. The van der Waals surface area contributed by atoms with Gasteiger partial charge in [-0.3, -0.25) is 10.1 Å². The van der Waals surface area contributed by atoms with Gasteiger partial charge in [0.15, 0.2) is 0 Å². The second kappa shape index (κ2) is 7.95. The van der Waals surface area contributed by atoms with Crippen LogP contribution in [-0.2, 0) is 0 Å². The van der Waals surface area contributed by atoms with Gasteiger partial charge in [-0.05, 0) is 32.5 Å². The predicted octanol–water partition coefficient (Wildman–Crippen LogP) is 2.00. The molecule has 6 heteroatoms. The van der Waals surface area contributed by atoms with E-state index in [-0.39, 0.29) is 5.69 Å². The van der Waals surface area contributed by atoms with Crippen LogP contribution >= 0.6 is 0 Å². The molecule has 0 aromatic heterocycles. The average Bonchev–Trinajstić information content (AvgIpc) is 2.49. The minimum atomic E-state index is -0.403. The van der Waals surface area contributed by atoms with Crippen molar-refractivity contribution in [2.24, 2.45) is 0 Å². The molecule has 0 unspecified atom stereocenters. The van der Waals surface area contributed by atoms with Crippen molar-refractivity contribution in [3.05, 3.63) is 34.4 Å².